The van der Waals surface area contributed by atoms with Gasteiger partial charge in [0, 0.05) is 25.2 Å². The van der Waals surface area contributed by atoms with E-state index in [9.17, 15) is 0 Å². The van der Waals surface area contributed by atoms with Crippen LogP contribution in [0.2, 0.25) is 0 Å². The zero-order valence-corrected chi connectivity index (χ0v) is 12.3. The summed E-state index contributed by atoms with van der Waals surface area (Å²) in [5.41, 5.74) is 8.80. The zero-order valence-electron chi connectivity index (χ0n) is 12.3. The molecule has 1 fully saturated rings. The molecule has 3 heteroatoms. The van der Waals surface area contributed by atoms with Crippen LogP contribution in [0.25, 0.3) is 0 Å². The third-order valence-corrected chi connectivity index (χ3v) is 4.17. The van der Waals surface area contributed by atoms with Crippen LogP contribution < -0.4 is 5.73 Å². The van der Waals surface area contributed by atoms with Crippen LogP contribution in [0.1, 0.15) is 36.9 Å². The van der Waals surface area contributed by atoms with E-state index < -0.39 is 0 Å². The summed E-state index contributed by atoms with van der Waals surface area (Å²) < 4.78 is 5.62. The van der Waals surface area contributed by atoms with Crippen LogP contribution in [0.4, 0.5) is 0 Å². The highest BCUT2D eigenvalue weighted by Gasteiger charge is 2.27. The Hall–Kier alpha value is -0.900. The molecule has 3 unspecified atom stereocenters. The average molecular weight is 262 g/mol. The summed E-state index contributed by atoms with van der Waals surface area (Å²) in [7, 11) is 2.18. The number of likely N-dealkylation sites (N-methyl/N-ethyl adjacent to an activating group) is 1. The molecule has 2 N–H and O–H groups in total. The molecule has 19 heavy (non-hydrogen) atoms. The van der Waals surface area contributed by atoms with Gasteiger partial charge in [0.05, 0.1) is 6.10 Å². The minimum atomic E-state index is 0.125. The van der Waals surface area contributed by atoms with Crippen molar-refractivity contribution in [2.45, 2.75) is 44.9 Å². The van der Waals surface area contributed by atoms with E-state index in [1.54, 1.807) is 0 Å². The molecule has 1 aromatic rings. The molecule has 0 amide bonds. The molecule has 1 heterocycles. The smallest absolute Gasteiger partial charge is 0.0702 e. The monoisotopic (exact) mass is 262 g/mol. The van der Waals surface area contributed by atoms with E-state index in [2.05, 4.69) is 50.1 Å². The van der Waals surface area contributed by atoms with Gasteiger partial charge in [-0.25, -0.2) is 0 Å². The second-order valence-electron chi connectivity index (χ2n) is 5.72. The standard InChI is InChI=1S/C16H26N2O/c1-12-5-4-6-14(11-12)15(17)7-9-18(3)16-8-10-19-13(16)2/h4-6,11,13,15-16H,7-10,17H2,1-3H3. The number of hydrogen-bond acceptors (Lipinski definition) is 3. The predicted molar refractivity (Wildman–Crippen MR) is 79.2 cm³/mol. The Balaban J connectivity index is 1.84. The zero-order chi connectivity index (χ0) is 13.8. The molecule has 1 aromatic carbocycles. The molecule has 3 atom stereocenters. The van der Waals surface area contributed by atoms with Gasteiger partial charge in [-0.3, -0.25) is 0 Å². The highest BCUT2D eigenvalue weighted by molar-refractivity contribution is 5.24. The summed E-state index contributed by atoms with van der Waals surface area (Å²) in [5, 5.41) is 0. The van der Waals surface area contributed by atoms with Crippen molar-refractivity contribution in [2.75, 3.05) is 20.2 Å². The Bertz CT molecular complexity index is 407. The average Bonchev–Trinajstić information content (AvgIpc) is 2.82. The second kappa shape index (κ2) is 6.51. The first kappa shape index (κ1) is 14.5. The summed E-state index contributed by atoms with van der Waals surface area (Å²) in [6.07, 6.45) is 2.47. The molecule has 0 aromatic heterocycles. The first-order valence-corrected chi connectivity index (χ1v) is 7.22. The van der Waals surface area contributed by atoms with Crippen molar-refractivity contribution < 1.29 is 4.74 Å². The first-order valence-electron chi connectivity index (χ1n) is 7.22. The highest BCUT2D eigenvalue weighted by Crippen LogP contribution is 2.20. The molecular formula is C16H26N2O. The van der Waals surface area contributed by atoms with Crippen molar-refractivity contribution in [1.29, 1.82) is 0 Å². The van der Waals surface area contributed by atoms with Crippen LogP contribution in [0.5, 0.6) is 0 Å². The lowest BCUT2D eigenvalue weighted by Gasteiger charge is -2.27. The van der Waals surface area contributed by atoms with Crippen molar-refractivity contribution >= 4 is 0 Å². The van der Waals surface area contributed by atoms with Gasteiger partial charge in [-0.05, 0) is 39.3 Å². The molecule has 2 rings (SSSR count). The predicted octanol–water partition coefficient (Wildman–Crippen LogP) is 2.49. The maximum Gasteiger partial charge on any atom is 0.0702 e. The van der Waals surface area contributed by atoms with E-state index in [1.165, 1.54) is 11.1 Å². The summed E-state index contributed by atoms with van der Waals surface area (Å²) in [6, 6.07) is 9.18. The highest BCUT2D eigenvalue weighted by atomic mass is 16.5. The lowest BCUT2D eigenvalue weighted by molar-refractivity contribution is 0.0827. The largest absolute Gasteiger partial charge is 0.377 e. The molecule has 0 aliphatic carbocycles. The number of benzene rings is 1. The Morgan fingerprint density at radius 1 is 1.47 bits per heavy atom. The number of aryl methyl sites for hydroxylation is 1. The molecule has 1 aliphatic heterocycles. The molecule has 0 saturated carbocycles. The number of rotatable bonds is 5. The van der Waals surface area contributed by atoms with E-state index in [0.717, 1.165) is 26.0 Å². The van der Waals surface area contributed by atoms with Gasteiger partial charge >= 0.3 is 0 Å². The van der Waals surface area contributed by atoms with Gasteiger partial charge in [-0.1, -0.05) is 29.8 Å². The fourth-order valence-electron chi connectivity index (χ4n) is 2.88. The lowest BCUT2D eigenvalue weighted by Crippen LogP contribution is -2.38. The van der Waals surface area contributed by atoms with E-state index in [-0.39, 0.29) is 6.04 Å². The molecule has 106 valence electrons. The fraction of sp³-hybridized carbons (Fsp3) is 0.625. The third kappa shape index (κ3) is 3.78. The molecular weight excluding hydrogens is 236 g/mol. The summed E-state index contributed by atoms with van der Waals surface area (Å²) in [4.78, 5) is 2.40. The van der Waals surface area contributed by atoms with Gasteiger partial charge in [0.25, 0.3) is 0 Å². The minimum Gasteiger partial charge on any atom is -0.377 e. The van der Waals surface area contributed by atoms with Crippen LogP contribution in [-0.2, 0) is 4.74 Å². The van der Waals surface area contributed by atoms with Crippen LogP contribution in [0.15, 0.2) is 24.3 Å². The third-order valence-electron chi connectivity index (χ3n) is 4.17. The van der Waals surface area contributed by atoms with Gasteiger partial charge in [0.2, 0.25) is 0 Å². The summed E-state index contributed by atoms with van der Waals surface area (Å²) in [6.45, 7) is 6.18. The van der Waals surface area contributed by atoms with Crippen molar-refractivity contribution in [3.63, 3.8) is 0 Å². The maximum absolute atomic E-state index is 6.29. The number of nitrogens with zero attached hydrogens (tertiary/aromatic N) is 1. The van der Waals surface area contributed by atoms with Gasteiger partial charge < -0.3 is 15.4 Å². The van der Waals surface area contributed by atoms with Crippen LogP contribution in [0, 0.1) is 6.92 Å². The lowest BCUT2D eigenvalue weighted by atomic mass is 10.0. The van der Waals surface area contributed by atoms with Gasteiger partial charge in [0.15, 0.2) is 0 Å². The van der Waals surface area contributed by atoms with Gasteiger partial charge in [-0.2, -0.15) is 0 Å². The topological polar surface area (TPSA) is 38.5 Å². The quantitative estimate of drug-likeness (QED) is 0.886. The molecule has 0 bridgehead atoms. The first-order chi connectivity index (χ1) is 9.08. The maximum atomic E-state index is 6.29. The molecule has 0 spiro atoms. The molecule has 3 nitrogen and oxygen atoms in total. The van der Waals surface area contributed by atoms with E-state index >= 15 is 0 Å². The van der Waals surface area contributed by atoms with Crippen molar-refractivity contribution in [2.24, 2.45) is 5.73 Å². The van der Waals surface area contributed by atoms with Crippen LogP contribution in [-0.4, -0.2) is 37.2 Å². The normalized spacial score (nSPS) is 24.9. The van der Waals surface area contributed by atoms with Gasteiger partial charge in [0.1, 0.15) is 0 Å². The second-order valence-corrected chi connectivity index (χ2v) is 5.72. The van der Waals surface area contributed by atoms with Crippen LogP contribution in [0.3, 0.4) is 0 Å². The van der Waals surface area contributed by atoms with Crippen molar-refractivity contribution in [1.82, 2.24) is 4.90 Å². The van der Waals surface area contributed by atoms with Crippen LogP contribution >= 0.6 is 0 Å². The molecule has 0 radical (unpaired) electrons. The number of nitrogens with two attached hydrogens (primary N) is 1. The Labute approximate surface area is 116 Å². The fourth-order valence-corrected chi connectivity index (χ4v) is 2.88. The minimum absolute atomic E-state index is 0.125. The molecule has 1 saturated heterocycles. The Kier molecular flexibility index (Phi) is 4.97. The van der Waals surface area contributed by atoms with Crippen molar-refractivity contribution in [3.05, 3.63) is 35.4 Å². The number of ether oxygens (including phenoxy) is 1. The van der Waals surface area contributed by atoms with E-state index in [0.29, 0.717) is 12.1 Å². The summed E-state index contributed by atoms with van der Waals surface area (Å²) in [5.74, 6) is 0. The molecule has 1 aliphatic rings. The number of hydrogen-bond donors (Lipinski definition) is 1. The van der Waals surface area contributed by atoms with Gasteiger partial charge in [-0.15, -0.1) is 0 Å². The Morgan fingerprint density at radius 2 is 2.26 bits per heavy atom. The van der Waals surface area contributed by atoms with E-state index in [4.69, 9.17) is 10.5 Å². The van der Waals surface area contributed by atoms with Crippen molar-refractivity contribution in [3.8, 4) is 0 Å². The summed E-state index contributed by atoms with van der Waals surface area (Å²) >= 11 is 0. The SMILES string of the molecule is Cc1cccc(C(N)CCN(C)C2CCOC2C)c1. The Morgan fingerprint density at radius 3 is 2.89 bits per heavy atom. The van der Waals surface area contributed by atoms with E-state index in [1.807, 2.05) is 0 Å².